The Morgan fingerprint density at radius 2 is 2.17 bits per heavy atom. The summed E-state index contributed by atoms with van der Waals surface area (Å²) in [6.45, 7) is 0.208. The predicted octanol–water partition coefficient (Wildman–Crippen LogP) is -0.928. The summed E-state index contributed by atoms with van der Waals surface area (Å²) in [5.41, 5.74) is 0. The van der Waals surface area contributed by atoms with Crippen molar-refractivity contribution in [3.8, 4) is 0 Å². The molecule has 0 bridgehead atoms. The molecule has 0 rings (SSSR count). The third-order valence-corrected chi connectivity index (χ3v) is 0.136. The fourth-order valence-electron chi connectivity index (χ4n) is 0.0393. The Morgan fingerprint density at radius 1 is 1.67 bits per heavy atom. The Morgan fingerprint density at radius 3 is 2.17 bits per heavy atom. The van der Waals surface area contributed by atoms with Gasteiger partial charge in [0.25, 0.3) is 0 Å². The van der Waals surface area contributed by atoms with Gasteiger partial charge in [-0.15, -0.1) is 0 Å². The van der Waals surface area contributed by atoms with E-state index in [4.69, 9.17) is 4.79 Å². The summed E-state index contributed by atoms with van der Waals surface area (Å²) >= 11 is 0. The van der Waals surface area contributed by atoms with Gasteiger partial charge in [0.2, 0.25) is 0 Å². The van der Waals surface area contributed by atoms with Crippen molar-refractivity contribution in [1.29, 1.82) is 0 Å². The molecule has 0 aliphatic carbocycles. The first-order valence-corrected chi connectivity index (χ1v) is 1.05. The molecule has 0 aliphatic heterocycles. The van der Waals surface area contributed by atoms with E-state index in [1.807, 2.05) is 0 Å². The molecule has 0 aromatic rings. The van der Waals surface area contributed by atoms with Crippen LogP contribution in [0.25, 0.3) is 0 Å². The molecule has 0 heterocycles. The van der Waals surface area contributed by atoms with Crippen LogP contribution in [0.1, 0.15) is 0 Å². The number of rotatable bonds is 2. The van der Waals surface area contributed by atoms with Gasteiger partial charge in [-0.25, -0.2) is 0 Å². The molecule has 0 aromatic carbocycles. The maximum absolute atomic E-state index is 9.06. The minimum absolute atomic E-state index is 0. The summed E-state index contributed by atoms with van der Waals surface area (Å²) in [5.74, 6) is 0. The van der Waals surface area contributed by atoms with E-state index in [9.17, 15) is 0 Å². The quantitative estimate of drug-likeness (QED) is 0.195. The molecule has 3 nitrogen and oxygen atoms in total. The Kier molecular flexibility index (Phi) is 14.6. The van der Waals surface area contributed by atoms with Crippen molar-refractivity contribution < 1.29 is 14.6 Å². The second-order valence-corrected chi connectivity index (χ2v) is 0.359. The molecule has 0 fully saturated rings. The van der Waals surface area contributed by atoms with Gasteiger partial charge < -0.3 is 4.89 Å². The topological polar surface area (TPSA) is 35.5 Å². The van der Waals surface area contributed by atoms with Crippen LogP contribution >= 0.6 is 0 Å². The van der Waals surface area contributed by atoms with Gasteiger partial charge in [0.05, 0.1) is 7.11 Å². The van der Waals surface area contributed by atoms with Crippen LogP contribution in [0.2, 0.25) is 0 Å². The van der Waals surface area contributed by atoms with Gasteiger partial charge in [-0.2, -0.15) is 4.89 Å². The summed E-state index contributed by atoms with van der Waals surface area (Å²) in [4.78, 5) is 16.5. The van der Waals surface area contributed by atoms with Crippen molar-refractivity contribution >= 4 is 36.0 Å². The Balaban J connectivity index is 0. The molecule has 0 spiro atoms. The fourth-order valence-corrected chi connectivity index (χ4v) is 0.0393. The monoisotopic (exact) mass is 100 g/mol. The van der Waals surface area contributed by atoms with E-state index in [-0.39, 0.29) is 36.0 Å². The van der Waals surface area contributed by atoms with Gasteiger partial charge in [-0.3, -0.25) is 4.79 Å². The molecule has 32 valence electrons. The van der Waals surface area contributed by atoms with Gasteiger partial charge in [0.1, 0.15) is 0 Å². The Bertz CT molecular complexity index is 30.0. The third kappa shape index (κ3) is 8.83. The number of hydrogen-bond acceptors (Lipinski definition) is 3. The molecule has 0 N–H and O–H groups in total. The van der Waals surface area contributed by atoms with Crippen molar-refractivity contribution in [3.05, 3.63) is 0 Å². The van der Waals surface area contributed by atoms with Crippen LogP contribution < -0.4 is 0 Å². The van der Waals surface area contributed by atoms with Gasteiger partial charge in [-0.05, 0) is 0 Å². The van der Waals surface area contributed by atoms with Crippen LogP contribution in [0, 0.1) is 0 Å². The van der Waals surface area contributed by atoms with Crippen molar-refractivity contribution in [1.82, 2.24) is 0 Å². The molecule has 0 atom stereocenters. The number of carbonyl (C=O) groups is 1. The first-order valence-electron chi connectivity index (χ1n) is 1.05. The van der Waals surface area contributed by atoms with Crippen LogP contribution in [0.15, 0.2) is 0 Å². The van der Waals surface area contributed by atoms with E-state index >= 15 is 0 Å². The van der Waals surface area contributed by atoms with Gasteiger partial charge in [0, 0.05) is 0 Å². The first kappa shape index (κ1) is 9.66. The van der Waals surface area contributed by atoms with E-state index < -0.39 is 0 Å². The number of hydrogen-bond donors (Lipinski definition) is 0. The average Bonchev–Trinajstić information content (AvgIpc) is 1.41. The van der Waals surface area contributed by atoms with Crippen molar-refractivity contribution in [2.75, 3.05) is 7.11 Å². The second kappa shape index (κ2) is 9.06. The molecule has 0 saturated heterocycles. The van der Waals surface area contributed by atoms with Gasteiger partial charge in [-0.1, -0.05) is 0 Å². The van der Waals surface area contributed by atoms with Crippen molar-refractivity contribution in [3.63, 3.8) is 0 Å². The van der Waals surface area contributed by atoms with E-state index in [0.717, 1.165) is 0 Å². The molecule has 0 amide bonds. The average molecular weight is 100 g/mol. The fraction of sp³-hybridized carbons (Fsp3) is 0.500. The third-order valence-electron chi connectivity index (χ3n) is 0.136. The molecule has 6 heavy (non-hydrogen) atoms. The van der Waals surface area contributed by atoms with Gasteiger partial charge >= 0.3 is 36.0 Å². The van der Waals surface area contributed by atoms with Crippen LogP contribution in [0.3, 0.4) is 0 Å². The van der Waals surface area contributed by atoms with Crippen LogP contribution in [-0.4, -0.2) is 43.1 Å². The standard InChI is InChI=1S/C2H4O3.Na.H/c1-4-5-2-3;;/h2H,1H3;;. The zero-order valence-corrected chi connectivity index (χ0v) is 2.80. The first-order chi connectivity index (χ1) is 2.41. The Hall–Kier alpha value is 0.430. The van der Waals surface area contributed by atoms with Crippen LogP contribution in [-0.2, 0) is 14.6 Å². The van der Waals surface area contributed by atoms with E-state index in [1.165, 1.54) is 7.11 Å². The summed E-state index contributed by atoms with van der Waals surface area (Å²) in [5, 5.41) is 0. The molecule has 0 aromatic heterocycles. The molecular weight excluding hydrogens is 95.0 g/mol. The summed E-state index contributed by atoms with van der Waals surface area (Å²) < 4.78 is 0. The molecule has 0 aliphatic rings. The normalized spacial score (nSPS) is 5.50. The minimum atomic E-state index is 0. The van der Waals surface area contributed by atoms with Crippen LogP contribution in [0.4, 0.5) is 0 Å². The molecule has 0 unspecified atom stereocenters. The van der Waals surface area contributed by atoms with Gasteiger partial charge in [0.15, 0.2) is 0 Å². The van der Waals surface area contributed by atoms with E-state index in [1.54, 1.807) is 0 Å². The maximum atomic E-state index is 9.06. The van der Waals surface area contributed by atoms with Crippen LogP contribution in [0.5, 0.6) is 0 Å². The van der Waals surface area contributed by atoms with E-state index in [2.05, 4.69) is 9.78 Å². The zero-order chi connectivity index (χ0) is 4.12. The SMILES string of the molecule is COOC=O.[NaH]. The van der Waals surface area contributed by atoms with Crippen molar-refractivity contribution in [2.45, 2.75) is 0 Å². The predicted molar refractivity (Wildman–Crippen MR) is 21.3 cm³/mol. The van der Waals surface area contributed by atoms with E-state index in [0.29, 0.717) is 0 Å². The Labute approximate surface area is 57.8 Å². The summed E-state index contributed by atoms with van der Waals surface area (Å²) in [6, 6.07) is 0. The second-order valence-electron chi connectivity index (χ2n) is 0.359. The molecule has 0 radical (unpaired) electrons. The number of carbonyl (C=O) groups excluding carboxylic acids is 1. The summed E-state index contributed by atoms with van der Waals surface area (Å²) in [7, 11) is 1.26. The molecular formula is C2H5NaO3. The molecule has 0 saturated carbocycles. The van der Waals surface area contributed by atoms with Crippen molar-refractivity contribution in [2.24, 2.45) is 0 Å². The summed E-state index contributed by atoms with van der Waals surface area (Å²) in [6.07, 6.45) is 0. The zero-order valence-electron chi connectivity index (χ0n) is 2.80. The molecule has 4 heteroatoms.